The lowest BCUT2D eigenvalue weighted by Crippen LogP contribution is -2.50. The predicted molar refractivity (Wildman–Crippen MR) is 112 cm³/mol. The molecule has 2 fully saturated rings. The largest absolute Gasteiger partial charge is 0.378 e. The van der Waals surface area contributed by atoms with Crippen LogP contribution in [0, 0.1) is 13.8 Å². The van der Waals surface area contributed by atoms with E-state index in [1.807, 2.05) is 13.0 Å². The number of carbonyl (C=O) groups is 1. The standard InChI is InChI=1S/C20H27N7O3/c1-15-12-18(28)27(14-21-15)13-19(29)25-5-3-24(4-6-25)17-11-16(2)22-20(23-17)26-7-9-30-10-8-26/h11-12,14H,3-10,13H2,1-2H3. The van der Waals surface area contributed by atoms with Crippen LogP contribution < -0.4 is 15.4 Å². The van der Waals surface area contributed by atoms with E-state index in [4.69, 9.17) is 9.72 Å². The first-order valence-corrected chi connectivity index (χ1v) is 10.2. The zero-order valence-electron chi connectivity index (χ0n) is 17.5. The highest BCUT2D eigenvalue weighted by Gasteiger charge is 2.24. The second-order valence-electron chi connectivity index (χ2n) is 7.63. The van der Waals surface area contributed by atoms with Gasteiger partial charge >= 0.3 is 0 Å². The highest BCUT2D eigenvalue weighted by Crippen LogP contribution is 2.20. The maximum Gasteiger partial charge on any atom is 0.253 e. The van der Waals surface area contributed by atoms with Crippen LogP contribution in [0.25, 0.3) is 0 Å². The molecule has 0 spiro atoms. The van der Waals surface area contributed by atoms with Crippen LogP contribution in [0.3, 0.4) is 0 Å². The van der Waals surface area contributed by atoms with E-state index < -0.39 is 0 Å². The van der Waals surface area contributed by atoms with Crippen molar-refractivity contribution in [3.05, 3.63) is 40.2 Å². The third kappa shape index (κ3) is 4.59. The Morgan fingerprint density at radius 2 is 1.70 bits per heavy atom. The van der Waals surface area contributed by atoms with Gasteiger partial charge < -0.3 is 19.4 Å². The van der Waals surface area contributed by atoms with Crippen molar-refractivity contribution in [1.29, 1.82) is 0 Å². The van der Waals surface area contributed by atoms with E-state index in [1.54, 1.807) is 11.8 Å². The summed E-state index contributed by atoms with van der Waals surface area (Å²) >= 11 is 0. The Balaban J connectivity index is 1.38. The fourth-order valence-corrected chi connectivity index (χ4v) is 3.67. The smallest absolute Gasteiger partial charge is 0.253 e. The molecule has 2 aromatic heterocycles. The summed E-state index contributed by atoms with van der Waals surface area (Å²) in [5.41, 5.74) is 1.36. The van der Waals surface area contributed by atoms with Crippen molar-refractivity contribution in [2.75, 3.05) is 62.3 Å². The van der Waals surface area contributed by atoms with Gasteiger partial charge in [0, 0.05) is 62.8 Å². The van der Waals surface area contributed by atoms with Crippen LogP contribution in [0.4, 0.5) is 11.8 Å². The zero-order chi connectivity index (χ0) is 21.1. The van der Waals surface area contributed by atoms with Crippen molar-refractivity contribution in [3.63, 3.8) is 0 Å². The van der Waals surface area contributed by atoms with Crippen LogP contribution in [-0.2, 0) is 16.1 Å². The van der Waals surface area contributed by atoms with Gasteiger partial charge in [0.05, 0.1) is 19.5 Å². The maximum atomic E-state index is 12.6. The summed E-state index contributed by atoms with van der Waals surface area (Å²) in [5, 5.41) is 0. The maximum absolute atomic E-state index is 12.6. The van der Waals surface area contributed by atoms with Gasteiger partial charge in [-0.05, 0) is 13.8 Å². The number of amides is 1. The second kappa shape index (κ2) is 8.78. The third-order valence-corrected chi connectivity index (χ3v) is 5.40. The Labute approximate surface area is 175 Å². The van der Waals surface area contributed by atoms with Gasteiger partial charge in [-0.2, -0.15) is 4.98 Å². The molecule has 0 unspecified atom stereocenters. The normalized spacial score (nSPS) is 17.3. The minimum Gasteiger partial charge on any atom is -0.378 e. The predicted octanol–water partition coefficient (Wildman–Crippen LogP) is -0.164. The third-order valence-electron chi connectivity index (χ3n) is 5.40. The van der Waals surface area contributed by atoms with E-state index in [1.165, 1.54) is 17.0 Å². The van der Waals surface area contributed by atoms with E-state index in [0.717, 1.165) is 30.5 Å². The lowest BCUT2D eigenvalue weighted by atomic mass is 10.3. The quantitative estimate of drug-likeness (QED) is 0.682. The molecule has 0 saturated carbocycles. The molecule has 4 heterocycles. The van der Waals surface area contributed by atoms with Gasteiger partial charge in [0.2, 0.25) is 11.9 Å². The van der Waals surface area contributed by atoms with Gasteiger partial charge in [-0.15, -0.1) is 0 Å². The molecule has 2 aromatic rings. The minimum atomic E-state index is -0.207. The first-order valence-electron chi connectivity index (χ1n) is 10.2. The van der Waals surface area contributed by atoms with Crippen molar-refractivity contribution in [3.8, 4) is 0 Å². The molecule has 10 nitrogen and oxygen atoms in total. The van der Waals surface area contributed by atoms with E-state index in [0.29, 0.717) is 45.1 Å². The van der Waals surface area contributed by atoms with E-state index in [9.17, 15) is 9.59 Å². The Morgan fingerprint density at radius 3 is 2.40 bits per heavy atom. The van der Waals surface area contributed by atoms with Crippen LogP contribution in [0.2, 0.25) is 0 Å². The molecule has 30 heavy (non-hydrogen) atoms. The fourth-order valence-electron chi connectivity index (χ4n) is 3.67. The summed E-state index contributed by atoms with van der Waals surface area (Å²) < 4.78 is 6.77. The number of rotatable bonds is 4. The van der Waals surface area contributed by atoms with Crippen molar-refractivity contribution in [2.45, 2.75) is 20.4 Å². The number of carbonyl (C=O) groups excluding carboxylic acids is 1. The molecular weight excluding hydrogens is 386 g/mol. The average molecular weight is 413 g/mol. The second-order valence-corrected chi connectivity index (χ2v) is 7.63. The number of ether oxygens (including phenoxy) is 1. The van der Waals surface area contributed by atoms with E-state index in [-0.39, 0.29) is 18.0 Å². The number of anilines is 2. The van der Waals surface area contributed by atoms with Crippen LogP contribution in [0.5, 0.6) is 0 Å². The molecule has 0 N–H and O–H groups in total. The molecule has 0 radical (unpaired) electrons. The number of hydrogen-bond donors (Lipinski definition) is 0. The van der Waals surface area contributed by atoms with Gasteiger partial charge in [-0.3, -0.25) is 14.2 Å². The van der Waals surface area contributed by atoms with Gasteiger partial charge in [-0.25, -0.2) is 9.97 Å². The number of morpholine rings is 1. The molecule has 10 heteroatoms. The molecule has 0 aliphatic carbocycles. The Bertz CT molecular complexity index is 963. The molecular formula is C20H27N7O3. The van der Waals surface area contributed by atoms with Crippen molar-refractivity contribution in [2.24, 2.45) is 0 Å². The van der Waals surface area contributed by atoms with Gasteiger partial charge in [0.1, 0.15) is 12.4 Å². The van der Waals surface area contributed by atoms with E-state index >= 15 is 0 Å². The van der Waals surface area contributed by atoms with Crippen molar-refractivity contribution < 1.29 is 9.53 Å². The SMILES string of the molecule is Cc1cc(=O)n(CC(=O)N2CCN(c3cc(C)nc(N4CCOCC4)n3)CC2)cn1. The van der Waals surface area contributed by atoms with Crippen LogP contribution in [-0.4, -0.2) is 82.8 Å². The Kier molecular flexibility index (Phi) is 5.93. The fraction of sp³-hybridized carbons (Fsp3) is 0.550. The van der Waals surface area contributed by atoms with Crippen LogP contribution in [0.15, 0.2) is 23.3 Å². The molecule has 2 saturated heterocycles. The first-order chi connectivity index (χ1) is 14.5. The Morgan fingerprint density at radius 1 is 0.967 bits per heavy atom. The topological polar surface area (TPSA) is 96.7 Å². The summed E-state index contributed by atoms with van der Waals surface area (Å²) in [4.78, 5) is 44.2. The summed E-state index contributed by atoms with van der Waals surface area (Å²) in [5.74, 6) is 1.54. The molecule has 0 bridgehead atoms. The van der Waals surface area contributed by atoms with Crippen LogP contribution >= 0.6 is 0 Å². The average Bonchev–Trinajstić information content (AvgIpc) is 2.76. The molecule has 2 aliphatic rings. The number of piperazine rings is 1. The monoisotopic (exact) mass is 413 g/mol. The number of aromatic nitrogens is 4. The van der Waals surface area contributed by atoms with Gasteiger partial charge in [0.15, 0.2) is 0 Å². The van der Waals surface area contributed by atoms with Gasteiger partial charge in [0.25, 0.3) is 5.56 Å². The van der Waals surface area contributed by atoms with Crippen LogP contribution in [0.1, 0.15) is 11.4 Å². The highest BCUT2D eigenvalue weighted by molar-refractivity contribution is 5.76. The molecule has 0 aromatic carbocycles. The molecule has 1 amide bonds. The summed E-state index contributed by atoms with van der Waals surface area (Å²) in [7, 11) is 0. The summed E-state index contributed by atoms with van der Waals surface area (Å²) in [6, 6.07) is 3.42. The first kappa shape index (κ1) is 20.3. The molecule has 160 valence electrons. The Hall–Kier alpha value is -3.01. The number of hydrogen-bond acceptors (Lipinski definition) is 8. The zero-order valence-corrected chi connectivity index (χ0v) is 17.5. The lowest BCUT2D eigenvalue weighted by Gasteiger charge is -2.36. The van der Waals surface area contributed by atoms with E-state index in [2.05, 4.69) is 19.8 Å². The number of nitrogens with zero attached hydrogens (tertiary/aromatic N) is 7. The van der Waals surface area contributed by atoms with Crippen molar-refractivity contribution in [1.82, 2.24) is 24.4 Å². The highest BCUT2D eigenvalue weighted by atomic mass is 16.5. The lowest BCUT2D eigenvalue weighted by molar-refractivity contribution is -0.132. The summed E-state index contributed by atoms with van der Waals surface area (Å²) in [6.45, 7) is 9.24. The van der Waals surface area contributed by atoms with Gasteiger partial charge in [-0.1, -0.05) is 0 Å². The molecule has 2 aliphatic heterocycles. The number of aryl methyl sites for hydroxylation is 2. The molecule has 0 atom stereocenters. The molecule has 4 rings (SSSR count). The summed E-state index contributed by atoms with van der Waals surface area (Å²) in [6.07, 6.45) is 1.43. The minimum absolute atomic E-state index is 0.0138. The van der Waals surface area contributed by atoms with Crippen molar-refractivity contribution >= 4 is 17.7 Å².